The molecule has 7 nitrogen and oxygen atoms in total. The van der Waals surface area contributed by atoms with Crippen molar-refractivity contribution in [3.8, 4) is 0 Å². The molecule has 0 aliphatic carbocycles. The lowest BCUT2D eigenvalue weighted by Crippen LogP contribution is -2.51. The normalized spacial score (nSPS) is 12.2. The molecule has 0 saturated heterocycles. The Labute approximate surface area is 218 Å². The van der Waals surface area contributed by atoms with Crippen LogP contribution in [0.3, 0.4) is 0 Å². The molecular formula is C25H33Cl2N3O4S. The van der Waals surface area contributed by atoms with Crippen molar-refractivity contribution in [2.45, 2.75) is 52.6 Å². The van der Waals surface area contributed by atoms with Crippen molar-refractivity contribution in [2.75, 3.05) is 23.7 Å². The summed E-state index contributed by atoms with van der Waals surface area (Å²) in [5.74, 6) is -0.891. The summed E-state index contributed by atoms with van der Waals surface area (Å²) >= 11 is 12.7. The second-order valence-electron chi connectivity index (χ2n) is 8.33. The predicted octanol–water partition coefficient (Wildman–Crippen LogP) is 4.66. The van der Waals surface area contributed by atoms with E-state index in [9.17, 15) is 18.0 Å². The zero-order chi connectivity index (χ0) is 26.2. The van der Waals surface area contributed by atoms with Gasteiger partial charge < -0.3 is 10.2 Å². The molecule has 0 aromatic heterocycles. The lowest BCUT2D eigenvalue weighted by molar-refractivity contribution is -0.139. The summed E-state index contributed by atoms with van der Waals surface area (Å²) in [6, 6.07) is 11.1. The number of nitrogens with zero attached hydrogens (tertiary/aromatic N) is 2. The number of hydrogen-bond acceptors (Lipinski definition) is 4. The maximum Gasteiger partial charge on any atom is 0.244 e. The van der Waals surface area contributed by atoms with Gasteiger partial charge in [0.25, 0.3) is 0 Å². The topological polar surface area (TPSA) is 86.8 Å². The maximum absolute atomic E-state index is 13.6. The van der Waals surface area contributed by atoms with Gasteiger partial charge in [-0.2, -0.15) is 0 Å². The molecule has 0 spiro atoms. The molecule has 2 rings (SSSR count). The van der Waals surface area contributed by atoms with Crippen LogP contribution in [0.4, 0.5) is 5.69 Å². The zero-order valence-corrected chi connectivity index (χ0v) is 22.9. The van der Waals surface area contributed by atoms with E-state index in [-0.39, 0.29) is 12.5 Å². The third kappa shape index (κ3) is 8.12. The van der Waals surface area contributed by atoms with E-state index < -0.39 is 28.5 Å². The molecule has 1 unspecified atom stereocenters. The third-order valence-corrected chi connectivity index (χ3v) is 7.55. The highest BCUT2D eigenvalue weighted by molar-refractivity contribution is 7.92. The Hall–Kier alpha value is -2.29. The first-order valence-electron chi connectivity index (χ1n) is 11.6. The van der Waals surface area contributed by atoms with E-state index in [1.54, 1.807) is 37.3 Å². The van der Waals surface area contributed by atoms with Crippen molar-refractivity contribution in [3.05, 3.63) is 63.6 Å². The number of carbonyl (C=O) groups is 2. The molecule has 0 radical (unpaired) electrons. The van der Waals surface area contributed by atoms with Gasteiger partial charge in [-0.15, -0.1) is 0 Å². The van der Waals surface area contributed by atoms with E-state index in [1.807, 2.05) is 26.0 Å². The van der Waals surface area contributed by atoms with Gasteiger partial charge in [0.1, 0.15) is 12.6 Å². The van der Waals surface area contributed by atoms with E-state index >= 15 is 0 Å². The Morgan fingerprint density at radius 2 is 1.63 bits per heavy atom. The van der Waals surface area contributed by atoms with Gasteiger partial charge in [-0.3, -0.25) is 13.9 Å². The maximum atomic E-state index is 13.6. The summed E-state index contributed by atoms with van der Waals surface area (Å²) in [6.45, 7) is 5.57. The van der Waals surface area contributed by atoms with Crippen molar-refractivity contribution in [2.24, 2.45) is 0 Å². The van der Waals surface area contributed by atoms with Gasteiger partial charge in [0.2, 0.25) is 21.8 Å². The fourth-order valence-electron chi connectivity index (χ4n) is 3.48. The number of nitrogens with one attached hydrogen (secondary N) is 1. The van der Waals surface area contributed by atoms with Crippen LogP contribution in [0.2, 0.25) is 10.0 Å². The molecular weight excluding hydrogens is 509 g/mol. The number of anilines is 1. The van der Waals surface area contributed by atoms with Crippen LogP contribution >= 0.6 is 23.2 Å². The van der Waals surface area contributed by atoms with Crippen molar-refractivity contribution in [3.63, 3.8) is 0 Å². The number of benzene rings is 2. The van der Waals surface area contributed by atoms with Crippen LogP contribution in [-0.4, -0.2) is 50.5 Å². The Balaban J connectivity index is 2.40. The summed E-state index contributed by atoms with van der Waals surface area (Å²) in [5.41, 5.74) is 1.89. The monoisotopic (exact) mass is 541 g/mol. The number of rotatable bonds is 12. The van der Waals surface area contributed by atoms with Gasteiger partial charge in [0, 0.05) is 28.7 Å². The van der Waals surface area contributed by atoms with Crippen molar-refractivity contribution >= 4 is 50.7 Å². The Bertz CT molecular complexity index is 1100. The second-order valence-corrected chi connectivity index (χ2v) is 11.1. The van der Waals surface area contributed by atoms with Gasteiger partial charge >= 0.3 is 0 Å². The Kier molecular flexibility index (Phi) is 10.9. The lowest BCUT2D eigenvalue weighted by atomic mass is 10.1. The Morgan fingerprint density at radius 3 is 2.14 bits per heavy atom. The minimum Gasteiger partial charge on any atom is -0.354 e. The largest absolute Gasteiger partial charge is 0.354 e. The SMILES string of the molecule is CCCCNC(=O)C(C)N(Cc1c(Cl)cccc1Cl)C(=O)CN(c1ccc(CC)cc1)S(C)(=O)=O. The van der Waals surface area contributed by atoms with Crippen LogP contribution in [-0.2, 0) is 32.6 Å². The first kappa shape index (κ1) is 28.9. The highest BCUT2D eigenvalue weighted by Gasteiger charge is 2.30. The van der Waals surface area contributed by atoms with Crippen LogP contribution in [0.5, 0.6) is 0 Å². The first-order chi connectivity index (χ1) is 16.5. The predicted molar refractivity (Wildman–Crippen MR) is 142 cm³/mol. The molecule has 192 valence electrons. The van der Waals surface area contributed by atoms with Crippen LogP contribution in [0, 0.1) is 0 Å². The summed E-state index contributed by atoms with van der Waals surface area (Å²) in [6.07, 6.45) is 3.56. The summed E-state index contributed by atoms with van der Waals surface area (Å²) in [4.78, 5) is 27.7. The smallest absolute Gasteiger partial charge is 0.244 e. The third-order valence-electron chi connectivity index (χ3n) is 5.70. The van der Waals surface area contributed by atoms with Gasteiger partial charge in [-0.05, 0) is 49.6 Å². The summed E-state index contributed by atoms with van der Waals surface area (Å²) in [5, 5.41) is 3.53. The van der Waals surface area contributed by atoms with Gasteiger partial charge in [0.05, 0.1) is 11.9 Å². The fraction of sp³-hybridized carbons (Fsp3) is 0.440. The standard InChI is InChI=1S/C25H33Cl2N3O4S/c1-5-7-15-28-25(32)18(3)29(16-21-22(26)9-8-10-23(21)27)24(31)17-30(35(4,33)34)20-13-11-19(6-2)12-14-20/h8-14,18H,5-7,15-17H2,1-4H3,(H,28,32). The van der Waals surface area contributed by atoms with Gasteiger partial charge in [-0.1, -0.05) is 61.7 Å². The molecule has 0 bridgehead atoms. The molecule has 0 saturated carbocycles. The summed E-state index contributed by atoms with van der Waals surface area (Å²) in [7, 11) is -3.79. The van der Waals surface area contributed by atoms with E-state index in [1.165, 1.54) is 4.90 Å². The Morgan fingerprint density at radius 1 is 1.03 bits per heavy atom. The number of halogens is 2. The highest BCUT2D eigenvalue weighted by atomic mass is 35.5. The number of amides is 2. The summed E-state index contributed by atoms with van der Waals surface area (Å²) < 4.78 is 26.3. The fourth-order valence-corrected chi connectivity index (χ4v) is 4.85. The van der Waals surface area contributed by atoms with Crippen LogP contribution in [0.25, 0.3) is 0 Å². The molecule has 2 amide bonds. The molecule has 10 heteroatoms. The highest BCUT2D eigenvalue weighted by Crippen LogP contribution is 2.27. The first-order valence-corrected chi connectivity index (χ1v) is 14.2. The zero-order valence-electron chi connectivity index (χ0n) is 20.6. The molecule has 0 heterocycles. The quantitative estimate of drug-likeness (QED) is 0.396. The molecule has 1 atom stereocenters. The average Bonchev–Trinajstić information content (AvgIpc) is 2.81. The van der Waals surface area contributed by atoms with E-state index in [2.05, 4.69) is 5.32 Å². The number of hydrogen-bond donors (Lipinski definition) is 1. The van der Waals surface area contributed by atoms with Crippen LogP contribution in [0.15, 0.2) is 42.5 Å². The van der Waals surface area contributed by atoms with E-state index in [0.29, 0.717) is 27.8 Å². The number of carbonyl (C=O) groups excluding carboxylic acids is 2. The van der Waals surface area contributed by atoms with Crippen molar-refractivity contribution in [1.29, 1.82) is 0 Å². The van der Waals surface area contributed by atoms with Crippen molar-refractivity contribution < 1.29 is 18.0 Å². The lowest BCUT2D eigenvalue weighted by Gasteiger charge is -2.32. The minimum absolute atomic E-state index is 0.0495. The number of sulfonamides is 1. The van der Waals surface area contributed by atoms with Crippen LogP contribution in [0.1, 0.15) is 44.7 Å². The molecule has 0 aliphatic heterocycles. The molecule has 35 heavy (non-hydrogen) atoms. The molecule has 0 fully saturated rings. The number of unbranched alkanes of at least 4 members (excludes halogenated alkanes) is 1. The van der Waals surface area contributed by atoms with Gasteiger partial charge in [0.15, 0.2) is 0 Å². The average molecular weight is 543 g/mol. The van der Waals surface area contributed by atoms with E-state index in [4.69, 9.17) is 23.2 Å². The van der Waals surface area contributed by atoms with E-state index in [0.717, 1.165) is 35.4 Å². The number of aryl methyl sites for hydroxylation is 1. The van der Waals surface area contributed by atoms with Gasteiger partial charge in [-0.25, -0.2) is 8.42 Å². The van der Waals surface area contributed by atoms with Crippen LogP contribution < -0.4 is 9.62 Å². The second kappa shape index (κ2) is 13.1. The minimum atomic E-state index is -3.79. The van der Waals surface area contributed by atoms with Crippen molar-refractivity contribution in [1.82, 2.24) is 10.2 Å². The molecule has 2 aromatic carbocycles. The molecule has 0 aliphatic rings. The molecule has 1 N–H and O–H groups in total. The molecule has 2 aromatic rings.